The second kappa shape index (κ2) is 18.9. The van der Waals surface area contributed by atoms with Gasteiger partial charge in [0.15, 0.2) is 0 Å². The van der Waals surface area contributed by atoms with E-state index < -0.39 is 23.1 Å². The number of hydrogen-bond donors (Lipinski definition) is 10. The van der Waals surface area contributed by atoms with Crippen LogP contribution in [0.25, 0.3) is 0 Å². The molecule has 0 radical (unpaired) electrons. The van der Waals surface area contributed by atoms with Crippen LogP contribution in [0.2, 0.25) is 0 Å². The molecule has 0 atom stereocenters. The first-order valence-corrected chi connectivity index (χ1v) is 14.6. The first-order chi connectivity index (χ1) is 19.2. The molecule has 2 fully saturated rings. The Bertz CT molecular complexity index is 719. The fourth-order valence-corrected chi connectivity index (χ4v) is 4.93. The molecule has 2 aliphatic rings. The summed E-state index contributed by atoms with van der Waals surface area (Å²) in [6.45, 7) is 6.89. The fraction of sp³-hybridized carbons (Fsp3) is 0.846. The van der Waals surface area contributed by atoms with Gasteiger partial charge in [-0.1, -0.05) is 0 Å². The molecule has 2 bridgehead atoms. The van der Waals surface area contributed by atoms with Crippen molar-refractivity contribution >= 4 is 23.8 Å². The fourth-order valence-electron chi connectivity index (χ4n) is 4.93. The summed E-state index contributed by atoms with van der Waals surface area (Å²) in [5, 5.41) is 45.1. The van der Waals surface area contributed by atoms with Crippen LogP contribution >= 0.6 is 0 Å². The van der Waals surface area contributed by atoms with Crippen molar-refractivity contribution < 1.29 is 29.4 Å². The molecule has 14 nitrogen and oxygen atoms in total. The van der Waals surface area contributed by atoms with Gasteiger partial charge in [0, 0.05) is 58.4 Å². The highest BCUT2D eigenvalue weighted by Gasteiger charge is 2.33. The zero-order chi connectivity index (χ0) is 29.1. The predicted molar refractivity (Wildman–Crippen MR) is 151 cm³/mol. The molecular formula is C26H50N8O6. The number of rotatable bonds is 10. The zero-order valence-electron chi connectivity index (χ0n) is 23.7. The van der Waals surface area contributed by atoms with Gasteiger partial charge in [-0.05, 0) is 71.4 Å². The summed E-state index contributed by atoms with van der Waals surface area (Å²) >= 11 is 0. The van der Waals surface area contributed by atoms with E-state index in [0.29, 0.717) is 52.2 Å². The number of fused-ring (bicyclic) bond motifs is 7. The minimum absolute atomic E-state index is 0.0353. The maximum absolute atomic E-state index is 12.8. The Balaban J connectivity index is 2.13. The van der Waals surface area contributed by atoms with Crippen LogP contribution < -0.4 is 42.5 Å². The maximum Gasteiger partial charge on any atom is 0.303 e. The van der Waals surface area contributed by atoms with Gasteiger partial charge >= 0.3 is 11.9 Å². The normalized spacial score (nSPS) is 25.9. The Morgan fingerprint density at radius 1 is 0.550 bits per heavy atom. The van der Waals surface area contributed by atoms with Crippen LogP contribution in [-0.4, -0.2) is 117 Å². The van der Waals surface area contributed by atoms with E-state index >= 15 is 0 Å². The third-order valence-electron chi connectivity index (χ3n) is 7.02. The van der Waals surface area contributed by atoms with E-state index in [9.17, 15) is 19.2 Å². The summed E-state index contributed by atoms with van der Waals surface area (Å²) in [6.07, 6.45) is 3.26. The molecule has 10 N–H and O–H groups in total. The second-order valence-electron chi connectivity index (χ2n) is 10.8. The van der Waals surface area contributed by atoms with Crippen molar-refractivity contribution in [1.29, 1.82) is 0 Å². The van der Waals surface area contributed by atoms with E-state index in [4.69, 9.17) is 10.2 Å². The average molecular weight is 571 g/mol. The SMILES string of the molecule is O=C(O)CCCC(=O)NC12CNCCCNCC(NC(=O)CCCC(=O)O)(CNCCCNC1)NCCCNC2. The first kappa shape index (κ1) is 33.8. The van der Waals surface area contributed by atoms with Gasteiger partial charge in [-0.3, -0.25) is 24.5 Å². The molecule has 0 aliphatic carbocycles. The molecular weight excluding hydrogens is 520 g/mol. The zero-order valence-corrected chi connectivity index (χ0v) is 23.7. The van der Waals surface area contributed by atoms with E-state index in [2.05, 4.69) is 42.5 Å². The molecule has 2 amide bonds. The van der Waals surface area contributed by atoms with Gasteiger partial charge in [0.25, 0.3) is 0 Å². The first-order valence-electron chi connectivity index (χ1n) is 14.6. The lowest BCUT2D eigenvalue weighted by Gasteiger charge is -2.37. The third kappa shape index (κ3) is 14.3. The topological polar surface area (TPSA) is 205 Å². The molecule has 0 aromatic rings. The highest BCUT2D eigenvalue weighted by molar-refractivity contribution is 5.78. The summed E-state index contributed by atoms with van der Waals surface area (Å²) in [4.78, 5) is 47.3. The van der Waals surface area contributed by atoms with Gasteiger partial charge < -0.3 is 47.4 Å². The molecule has 0 unspecified atom stereocenters. The molecule has 230 valence electrons. The second-order valence-corrected chi connectivity index (χ2v) is 10.8. The van der Waals surface area contributed by atoms with Crippen LogP contribution in [0.3, 0.4) is 0 Å². The number of carboxylic acid groups (broad SMARTS) is 2. The highest BCUT2D eigenvalue weighted by Crippen LogP contribution is 2.07. The van der Waals surface area contributed by atoms with E-state index in [0.717, 1.165) is 45.4 Å². The predicted octanol–water partition coefficient (Wildman–Crippen LogP) is -2.10. The van der Waals surface area contributed by atoms with Crippen LogP contribution in [0, 0.1) is 0 Å². The van der Waals surface area contributed by atoms with Crippen LogP contribution in [-0.2, 0) is 19.2 Å². The van der Waals surface area contributed by atoms with Crippen molar-refractivity contribution in [2.45, 2.75) is 69.0 Å². The molecule has 2 saturated heterocycles. The standard InChI is InChI=1S/C26H50N8O6/c35-21(6-1-8-23(37)38)33-25-16-27-10-3-12-30-19-26(32-15-5-14-29-18-25,20-31-13-4-11-28-17-25)34-22(36)7-2-9-24(39)40/h27-32H,1-20H2,(H,33,35)(H,34,36)(H,37,38)(H,39,40). The summed E-state index contributed by atoms with van der Waals surface area (Å²) < 4.78 is 0. The van der Waals surface area contributed by atoms with Gasteiger partial charge in [0.2, 0.25) is 11.8 Å². The number of carboxylic acids is 2. The van der Waals surface area contributed by atoms with Gasteiger partial charge in [-0.15, -0.1) is 0 Å². The maximum atomic E-state index is 12.8. The van der Waals surface area contributed by atoms with Crippen LogP contribution in [0.15, 0.2) is 0 Å². The molecule has 2 rings (SSSR count). The summed E-state index contributed by atoms with van der Waals surface area (Å²) in [6, 6.07) is 0. The minimum atomic E-state index is -0.910. The van der Waals surface area contributed by atoms with Crippen molar-refractivity contribution in [2.24, 2.45) is 0 Å². The van der Waals surface area contributed by atoms with Gasteiger partial charge in [0.1, 0.15) is 5.66 Å². The quantitative estimate of drug-likeness (QED) is 0.137. The van der Waals surface area contributed by atoms with E-state index in [1.165, 1.54) is 0 Å². The van der Waals surface area contributed by atoms with Crippen molar-refractivity contribution in [3.63, 3.8) is 0 Å². The Morgan fingerprint density at radius 2 is 0.950 bits per heavy atom. The van der Waals surface area contributed by atoms with Crippen LogP contribution in [0.5, 0.6) is 0 Å². The molecule has 14 heteroatoms. The third-order valence-corrected chi connectivity index (χ3v) is 7.02. The highest BCUT2D eigenvalue weighted by atomic mass is 16.4. The van der Waals surface area contributed by atoms with Gasteiger partial charge in [-0.2, -0.15) is 0 Å². The number of hydrogen-bond acceptors (Lipinski definition) is 10. The van der Waals surface area contributed by atoms with E-state index in [1.54, 1.807) is 0 Å². The number of nitrogens with one attached hydrogen (secondary N) is 8. The minimum Gasteiger partial charge on any atom is -0.481 e. The summed E-state index contributed by atoms with van der Waals surface area (Å²) in [5.41, 5.74) is -1.31. The lowest BCUT2D eigenvalue weighted by Crippen LogP contribution is -2.68. The Hall–Kier alpha value is -2.36. The number of aliphatic carboxylic acids is 2. The Morgan fingerprint density at radius 3 is 1.40 bits per heavy atom. The molecule has 0 spiro atoms. The monoisotopic (exact) mass is 570 g/mol. The molecule has 40 heavy (non-hydrogen) atoms. The van der Waals surface area contributed by atoms with Gasteiger partial charge in [0.05, 0.1) is 5.54 Å². The van der Waals surface area contributed by atoms with Crippen molar-refractivity contribution in [2.75, 3.05) is 72.0 Å². The Kier molecular flexibility index (Phi) is 16.0. The van der Waals surface area contributed by atoms with Gasteiger partial charge in [-0.25, -0.2) is 0 Å². The smallest absolute Gasteiger partial charge is 0.303 e. The summed E-state index contributed by atoms with van der Waals surface area (Å²) in [5.74, 6) is -2.15. The molecule has 0 aromatic heterocycles. The number of carbonyl (C=O) groups is 4. The number of amides is 2. The van der Waals surface area contributed by atoms with Crippen molar-refractivity contribution in [3.05, 3.63) is 0 Å². The number of carbonyl (C=O) groups excluding carboxylic acids is 2. The van der Waals surface area contributed by atoms with Crippen LogP contribution in [0.4, 0.5) is 0 Å². The van der Waals surface area contributed by atoms with Crippen molar-refractivity contribution in [3.8, 4) is 0 Å². The average Bonchev–Trinajstić information content (AvgIpc) is 2.89. The summed E-state index contributed by atoms with van der Waals surface area (Å²) in [7, 11) is 0. The van der Waals surface area contributed by atoms with E-state index in [1.807, 2.05) is 0 Å². The molecule has 0 saturated carbocycles. The Labute approximate surface area is 236 Å². The molecule has 2 heterocycles. The lowest BCUT2D eigenvalue weighted by molar-refractivity contribution is -0.138. The molecule has 2 aliphatic heterocycles. The molecule has 0 aromatic carbocycles. The van der Waals surface area contributed by atoms with E-state index in [-0.39, 0.29) is 43.9 Å². The lowest BCUT2D eigenvalue weighted by atomic mass is 9.97. The largest absolute Gasteiger partial charge is 0.481 e. The van der Waals surface area contributed by atoms with Crippen molar-refractivity contribution in [1.82, 2.24) is 42.5 Å². The van der Waals surface area contributed by atoms with Crippen LogP contribution in [0.1, 0.15) is 57.8 Å².